The summed E-state index contributed by atoms with van der Waals surface area (Å²) in [5.74, 6) is 0.435. The van der Waals surface area contributed by atoms with Crippen molar-refractivity contribution in [3.8, 4) is 0 Å². The van der Waals surface area contributed by atoms with E-state index in [2.05, 4.69) is 11.3 Å². The second-order valence-corrected chi connectivity index (χ2v) is 1.97. The summed E-state index contributed by atoms with van der Waals surface area (Å²) in [5, 5.41) is 0. The van der Waals surface area contributed by atoms with Crippen LogP contribution in [0.2, 0.25) is 0 Å². The van der Waals surface area contributed by atoms with Gasteiger partial charge in [0.15, 0.2) is 0 Å². The first kappa shape index (κ1) is 8.21. The molecule has 52 valence electrons. The van der Waals surface area contributed by atoms with Gasteiger partial charge in [0, 0.05) is 0 Å². The monoisotopic (exact) mass is 128 g/mol. The van der Waals surface area contributed by atoms with Crippen LogP contribution >= 0.6 is 0 Å². The number of ether oxygens (including phenoxy) is 1. The molecule has 0 aliphatic rings. The van der Waals surface area contributed by atoms with Crippen LogP contribution in [-0.4, -0.2) is 13.1 Å². The zero-order valence-electron chi connectivity index (χ0n) is 5.67. The average Bonchev–Trinajstić information content (AvgIpc) is 1.89. The van der Waals surface area contributed by atoms with Gasteiger partial charge >= 0.3 is 0 Å². The van der Waals surface area contributed by atoms with E-state index in [1.165, 1.54) is 0 Å². The van der Waals surface area contributed by atoms with Gasteiger partial charge in [0.05, 0.1) is 6.61 Å². The molecule has 2 heteroatoms. The molecule has 0 heterocycles. The minimum absolute atomic E-state index is 0.435. The van der Waals surface area contributed by atoms with Gasteiger partial charge in [0.2, 0.25) is 0 Å². The minimum atomic E-state index is 0.435. The van der Waals surface area contributed by atoms with Gasteiger partial charge in [0.25, 0.3) is 6.47 Å². The predicted molar refractivity (Wildman–Crippen MR) is 36.0 cm³/mol. The maximum absolute atomic E-state index is 9.63. The van der Waals surface area contributed by atoms with Crippen molar-refractivity contribution in [3.63, 3.8) is 0 Å². The van der Waals surface area contributed by atoms with Crippen LogP contribution in [0.15, 0.2) is 12.7 Å². The molecule has 1 unspecified atom stereocenters. The fourth-order valence-corrected chi connectivity index (χ4v) is 0.420. The number of hydrogen-bond donors (Lipinski definition) is 0. The van der Waals surface area contributed by atoms with Crippen LogP contribution in [0.25, 0.3) is 0 Å². The third-order valence-corrected chi connectivity index (χ3v) is 1.16. The standard InChI is InChI=1S/C7H12O2/c1-3-7(2)4-5-9-6-8/h3,6-7H,1,4-5H2,2H3. The van der Waals surface area contributed by atoms with Gasteiger partial charge in [-0.25, -0.2) is 0 Å². The van der Waals surface area contributed by atoms with E-state index in [4.69, 9.17) is 0 Å². The molecular weight excluding hydrogens is 116 g/mol. The van der Waals surface area contributed by atoms with Crippen molar-refractivity contribution in [2.24, 2.45) is 5.92 Å². The molecule has 0 radical (unpaired) electrons. The Labute approximate surface area is 55.5 Å². The zero-order chi connectivity index (χ0) is 7.11. The van der Waals surface area contributed by atoms with Gasteiger partial charge in [-0.15, -0.1) is 6.58 Å². The summed E-state index contributed by atoms with van der Waals surface area (Å²) >= 11 is 0. The van der Waals surface area contributed by atoms with E-state index < -0.39 is 0 Å². The quantitative estimate of drug-likeness (QED) is 0.317. The Hall–Kier alpha value is -0.790. The molecule has 0 amide bonds. The van der Waals surface area contributed by atoms with E-state index in [0.717, 1.165) is 6.42 Å². The molecule has 0 aromatic carbocycles. The lowest BCUT2D eigenvalue weighted by Crippen LogP contribution is -1.97. The Morgan fingerprint density at radius 3 is 2.89 bits per heavy atom. The smallest absolute Gasteiger partial charge is 0.293 e. The molecule has 0 aliphatic carbocycles. The molecule has 0 saturated carbocycles. The van der Waals surface area contributed by atoms with Crippen molar-refractivity contribution >= 4 is 6.47 Å². The number of rotatable bonds is 5. The Balaban J connectivity index is 3.05. The van der Waals surface area contributed by atoms with Crippen molar-refractivity contribution < 1.29 is 9.53 Å². The summed E-state index contributed by atoms with van der Waals surface area (Å²) in [6.45, 7) is 6.59. The molecular formula is C7H12O2. The molecule has 2 nitrogen and oxygen atoms in total. The van der Waals surface area contributed by atoms with Gasteiger partial charge in [-0.3, -0.25) is 4.79 Å². The van der Waals surface area contributed by atoms with Gasteiger partial charge in [-0.2, -0.15) is 0 Å². The molecule has 1 atom stereocenters. The van der Waals surface area contributed by atoms with Crippen LogP contribution in [0.3, 0.4) is 0 Å². The maximum Gasteiger partial charge on any atom is 0.293 e. The lowest BCUT2D eigenvalue weighted by atomic mass is 10.1. The summed E-state index contributed by atoms with van der Waals surface area (Å²) in [7, 11) is 0. The lowest BCUT2D eigenvalue weighted by molar-refractivity contribution is -0.128. The highest BCUT2D eigenvalue weighted by Gasteiger charge is 1.93. The van der Waals surface area contributed by atoms with Crippen LogP contribution in [0, 0.1) is 5.92 Å². The first-order chi connectivity index (χ1) is 4.31. The number of carbonyl (C=O) groups excluding carboxylic acids is 1. The fourth-order valence-electron chi connectivity index (χ4n) is 0.420. The minimum Gasteiger partial charge on any atom is -0.468 e. The molecule has 0 fully saturated rings. The topological polar surface area (TPSA) is 26.3 Å². The second kappa shape index (κ2) is 5.35. The first-order valence-corrected chi connectivity index (χ1v) is 2.99. The molecule has 0 rings (SSSR count). The van der Waals surface area contributed by atoms with E-state index in [0.29, 0.717) is 19.0 Å². The third kappa shape index (κ3) is 5.07. The highest BCUT2D eigenvalue weighted by atomic mass is 16.5. The van der Waals surface area contributed by atoms with Crippen LogP contribution in [0.1, 0.15) is 13.3 Å². The molecule has 0 N–H and O–H groups in total. The highest BCUT2D eigenvalue weighted by Crippen LogP contribution is 2.00. The predicted octanol–water partition coefficient (Wildman–Crippen LogP) is 1.37. The van der Waals surface area contributed by atoms with Gasteiger partial charge in [0.1, 0.15) is 0 Å². The number of hydrogen-bond acceptors (Lipinski definition) is 2. The summed E-state index contributed by atoms with van der Waals surface area (Å²) in [4.78, 5) is 9.63. The lowest BCUT2D eigenvalue weighted by Gasteiger charge is -2.01. The SMILES string of the molecule is C=CC(C)CCOC=O. The zero-order valence-corrected chi connectivity index (χ0v) is 5.67. The van der Waals surface area contributed by atoms with E-state index in [1.54, 1.807) is 0 Å². The second-order valence-electron chi connectivity index (χ2n) is 1.97. The highest BCUT2D eigenvalue weighted by molar-refractivity contribution is 5.36. The Bertz CT molecular complexity index is 88.9. The normalized spacial score (nSPS) is 12.1. The van der Waals surface area contributed by atoms with Crippen molar-refractivity contribution in [2.75, 3.05) is 6.61 Å². The fraction of sp³-hybridized carbons (Fsp3) is 0.571. The summed E-state index contributed by atoms with van der Waals surface area (Å²) in [6, 6.07) is 0. The molecule has 0 spiro atoms. The van der Waals surface area contributed by atoms with Crippen LogP contribution in [-0.2, 0) is 9.53 Å². The molecule has 0 saturated heterocycles. The Morgan fingerprint density at radius 2 is 2.44 bits per heavy atom. The molecule has 0 aromatic rings. The largest absolute Gasteiger partial charge is 0.468 e. The van der Waals surface area contributed by atoms with Crippen molar-refractivity contribution in [3.05, 3.63) is 12.7 Å². The Kier molecular flexibility index (Phi) is 4.88. The number of allylic oxidation sites excluding steroid dienone is 1. The van der Waals surface area contributed by atoms with E-state index in [1.807, 2.05) is 13.0 Å². The van der Waals surface area contributed by atoms with Crippen molar-refractivity contribution in [2.45, 2.75) is 13.3 Å². The summed E-state index contributed by atoms with van der Waals surface area (Å²) < 4.78 is 4.48. The average molecular weight is 128 g/mol. The van der Waals surface area contributed by atoms with E-state index in [-0.39, 0.29) is 0 Å². The van der Waals surface area contributed by atoms with Gasteiger partial charge in [-0.1, -0.05) is 13.0 Å². The Morgan fingerprint density at radius 1 is 1.78 bits per heavy atom. The van der Waals surface area contributed by atoms with Crippen LogP contribution in [0.4, 0.5) is 0 Å². The summed E-state index contributed by atoms with van der Waals surface area (Å²) in [5.41, 5.74) is 0. The maximum atomic E-state index is 9.63. The number of carbonyl (C=O) groups is 1. The van der Waals surface area contributed by atoms with Gasteiger partial charge in [-0.05, 0) is 12.3 Å². The van der Waals surface area contributed by atoms with Crippen molar-refractivity contribution in [1.29, 1.82) is 0 Å². The molecule has 0 bridgehead atoms. The van der Waals surface area contributed by atoms with Crippen molar-refractivity contribution in [1.82, 2.24) is 0 Å². The first-order valence-electron chi connectivity index (χ1n) is 2.99. The van der Waals surface area contributed by atoms with E-state index >= 15 is 0 Å². The molecule has 9 heavy (non-hydrogen) atoms. The summed E-state index contributed by atoms with van der Waals surface area (Å²) in [6.07, 6.45) is 2.70. The van der Waals surface area contributed by atoms with Crippen LogP contribution < -0.4 is 0 Å². The third-order valence-electron chi connectivity index (χ3n) is 1.16. The van der Waals surface area contributed by atoms with Crippen LogP contribution in [0.5, 0.6) is 0 Å². The molecule has 0 aromatic heterocycles. The van der Waals surface area contributed by atoms with Gasteiger partial charge < -0.3 is 4.74 Å². The molecule has 0 aliphatic heterocycles. The van der Waals surface area contributed by atoms with E-state index in [9.17, 15) is 4.79 Å².